The van der Waals surface area contributed by atoms with Crippen LogP contribution in [0.5, 0.6) is 0 Å². The fourth-order valence-electron chi connectivity index (χ4n) is 1.41. The van der Waals surface area contributed by atoms with Crippen LogP contribution in [0.25, 0.3) is 0 Å². The van der Waals surface area contributed by atoms with Gasteiger partial charge in [-0.25, -0.2) is 12.8 Å². The lowest BCUT2D eigenvalue weighted by Crippen LogP contribution is -2.07. The van der Waals surface area contributed by atoms with Crippen LogP contribution in [0.3, 0.4) is 0 Å². The average Bonchev–Trinajstić information content (AvgIpc) is 2.16. The van der Waals surface area contributed by atoms with Gasteiger partial charge < -0.3 is 5.73 Å². The third-order valence-electron chi connectivity index (χ3n) is 2.11. The fraction of sp³-hybridized carbons (Fsp3) is 0.400. The Hall–Kier alpha value is -0.590. The molecule has 1 rings (SSSR count). The van der Waals surface area contributed by atoms with Gasteiger partial charge in [0, 0.05) is 6.26 Å². The Morgan fingerprint density at radius 2 is 2.06 bits per heavy atom. The van der Waals surface area contributed by atoms with Crippen molar-refractivity contribution in [3.63, 3.8) is 0 Å². The summed E-state index contributed by atoms with van der Waals surface area (Å²) in [4.78, 5) is 0.215. The van der Waals surface area contributed by atoms with Gasteiger partial charge in [-0.2, -0.15) is 0 Å². The molecule has 0 amide bonds. The van der Waals surface area contributed by atoms with Crippen LogP contribution in [0.2, 0.25) is 0 Å². The Morgan fingerprint density at radius 1 is 1.44 bits per heavy atom. The summed E-state index contributed by atoms with van der Waals surface area (Å²) in [6.45, 7) is 0.362. The van der Waals surface area contributed by atoms with Crippen molar-refractivity contribution in [2.75, 3.05) is 19.1 Å². The molecule has 1 aromatic carbocycles. The number of thioether (sulfide) groups is 1. The molecule has 0 aliphatic rings. The standard InChI is InChI=1S/C10H14FNO2S2/c1-15-10-8(11)5-7(3-4-12)6-9(10)16(2,13)14/h5-6H,3-4,12H2,1-2H3. The number of rotatable bonds is 4. The SMILES string of the molecule is CSc1c(F)cc(CCN)cc1S(C)(=O)=O. The summed E-state index contributed by atoms with van der Waals surface area (Å²) in [7, 11) is -3.41. The first kappa shape index (κ1) is 13.5. The van der Waals surface area contributed by atoms with Crippen LogP contribution in [0.1, 0.15) is 5.56 Å². The van der Waals surface area contributed by atoms with Gasteiger partial charge in [0.25, 0.3) is 0 Å². The molecule has 0 saturated heterocycles. The normalized spacial score (nSPS) is 11.8. The maximum Gasteiger partial charge on any atom is 0.176 e. The molecule has 6 heteroatoms. The minimum atomic E-state index is -3.41. The molecule has 2 N–H and O–H groups in total. The first-order valence-corrected chi connectivity index (χ1v) is 7.78. The summed E-state index contributed by atoms with van der Waals surface area (Å²) in [5, 5.41) is 0. The summed E-state index contributed by atoms with van der Waals surface area (Å²) in [5.41, 5.74) is 5.97. The van der Waals surface area contributed by atoms with E-state index in [1.165, 1.54) is 12.1 Å². The van der Waals surface area contributed by atoms with Crippen molar-refractivity contribution in [3.8, 4) is 0 Å². The van der Waals surface area contributed by atoms with Gasteiger partial charge in [0.1, 0.15) is 5.82 Å². The average molecular weight is 263 g/mol. The Labute approximate surface area is 99.1 Å². The van der Waals surface area contributed by atoms with E-state index in [9.17, 15) is 12.8 Å². The van der Waals surface area contributed by atoms with Crippen molar-refractivity contribution in [3.05, 3.63) is 23.5 Å². The number of hydrogen-bond donors (Lipinski definition) is 1. The van der Waals surface area contributed by atoms with E-state index in [-0.39, 0.29) is 9.79 Å². The molecule has 0 aliphatic heterocycles. The maximum absolute atomic E-state index is 13.6. The minimum Gasteiger partial charge on any atom is -0.330 e. The number of sulfone groups is 1. The van der Waals surface area contributed by atoms with E-state index in [0.29, 0.717) is 18.5 Å². The Balaban J connectivity index is 3.43. The van der Waals surface area contributed by atoms with E-state index in [1.807, 2.05) is 0 Å². The molecule has 1 aromatic rings. The number of halogens is 1. The van der Waals surface area contributed by atoms with E-state index in [0.717, 1.165) is 18.0 Å². The Kier molecular flexibility index (Phi) is 4.35. The highest BCUT2D eigenvalue weighted by Gasteiger charge is 2.17. The zero-order valence-electron chi connectivity index (χ0n) is 9.16. The van der Waals surface area contributed by atoms with Crippen LogP contribution < -0.4 is 5.73 Å². The number of benzene rings is 1. The third kappa shape index (κ3) is 2.96. The summed E-state index contributed by atoms with van der Waals surface area (Å²) in [5.74, 6) is -0.501. The van der Waals surface area contributed by atoms with Crippen LogP contribution in [-0.4, -0.2) is 27.5 Å². The quantitative estimate of drug-likeness (QED) is 0.835. The lowest BCUT2D eigenvalue weighted by molar-refractivity contribution is 0.575. The molecule has 0 saturated carbocycles. The molecule has 0 radical (unpaired) electrons. The third-order valence-corrected chi connectivity index (χ3v) is 4.18. The molecule has 90 valence electrons. The van der Waals surface area contributed by atoms with Crippen molar-refractivity contribution in [1.29, 1.82) is 0 Å². The predicted octanol–water partition coefficient (Wildman–Crippen LogP) is 1.45. The zero-order valence-corrected chi connectivity index (χ0v) is 10.8. The maximum atomic E-state index is 13.6. The van der Waals surface area contributed by atoms with E-state index in [2.05, 4.69) is 0 Å². The smallest absolute Gasteiger partial charge is 0.176 e. The van der Waals surface area contributed by atoms with Gasteiger partial charge >= 0.3 is 0 Å². The molecule has 0 aromatic heterocycles. The minimum absolute atomic E-state index is 0.0449. The first-order valence-electron chi connectivity index (χ1n) is 4.66. The van der Waals surface area contributed by atoms with Crippen molar-refractivity contribution in [2.24, 2.45) is 5.73 Å². The molecule has 0 unspecified atom stereocenters. The highest BCUT2D eigenvalue weighted by Crippen LogP contribution is 2.29. The van der Waals surface area contributed by atoms with Crippen LogP contribution in [0, 0.1) is 5.82 Å². The van der Waals surface area contributed by atoms with Crippen LogP contribution in [0.15, 0.2) is 21.9 Å². The van der Waals surface area contributed by atoms with Crippen LogP contribution in [-0.2, 0) is 16.3 Å². The summed E-state index contributed by atoms with van der Waals surface area (Å²) in [6, 6.07) is 2.84. The molecule has 0 heterocycles. The number of nitrogens with two attached hydrogens (primary N) is 1. The van der Waals surface area contributed by atoms with E-state index in [1.54, 1.807) is 6.26 Å². The molecule has 3 nitrogen and oxygen atoms in total. The summed E-state index contributed by atoms with van der Waals surface area (Å²) in [6.07, 6.45) is 3.19. The molecular weight excluding hydrogens is 249 g/mol. The topological polar surface area (TPSA) is 60.2 Å². The van der Waals surface area contributed by atoms with Crippen LogP contribution >= 0.6 is 11.8 Å². The van der Waals surface area contributed by atoms with Gasteiger partial charge in [0.2, 0.25) is 0 Å². The summed E-state index contributed by atoms with van der Waals surface area (Å²) < 4.78 is 36.7. The first-order chi connectivity index (χ1) is 7.40. The van der Waals surface area contributed by atoms with E-state index in [4.69, 9.17) is 5.73 Å². The molecular formula is C10H14FNO2S2. The van der Waals surface area contributed by atoms with E-state index >= 15 is 0 Å². The van der Waals surface area contributed by atoms with Crippen molar-refractivity contribution < 1.29 is 12.8 Å². The Bertz CT molecular complexity index is 486. The highest BCUT2D eigenvalue weighted by molar-refractivity contribution is 7.99. The monoisotopic (exact) mass is 263 g/mol. The van der Waals surface area contributed by atoms with Crippen molar-refractivity contribution >= 4 is 21.6 Å². The van der Waals surface area contributed by atoms with E-state index < -0.39 is 15.7 Å². The second-order valence-electron chi connectivity index (χ2n) is 3.42. The zero-order chi connectivity index (χ0) is 12.3. The molecule has 0 spiro atoms. The van der Waals surface area contributed by atoms with Gasteiger partial charge in [-0.05, 0) is 36.9 Å². The Morgan fingerprint density at radius 3 is 2.50 bits per heavy atom. The molecule has 0 atom stereocenters. The number of hydrogen-bond acceptors (Lipinski definition) is 4. The van der Waals surface area contributed by atoms with Gasteiger partial charge in [-0.3, -0.25) is 0 Å². The van der Waals surface area contributed by atoms with Gasteiger partial charge in [0.05, 0.1) is 9.79 Å². The van der Waals surface area contributed by atoms with Gasteiger partial charge in [-0.1, -0.05) is 0 Å². The van der Waals surface area contributed by atoms with Crippen molar-refractivity contribution in [2.45, 2.75) is 16.2 Å². The second kappa shape index (κ2) is 5.16. The van der Waals surface area contributed by atoms with Gasteiger partial charge in [-0.15, -0.1) is 11.8 Å². The molecule has 0 fully saturated rings. The largest absolute Gasteiger partial charge is 0.330 e. The lowest BCUT2D eigenvalue weighted by atomic mass is 10.1. The second-order valence-corrected chi connectivity index (χ2v) is 6.22. The molecule has 0 aliphatic carbocycles. The predicted molar refractivity (Wildman–Crippen MR) is 64.0 cm³/mol. The molecule has 0 bridgehead atoms. The van der Waals surface area contributed by atoms with Gasteiger partial charge in [0.15, 0.2) is 9.84 Å². The lowest BCUT2D eigenvalue weighted by Gasteiger charge is -2.09. The fourth-order valence-corrected chi connectivity index (χ4v) is 3.42. The highest BCUT2D eigenvalue weighted by atomic mass is 32.2. The molecule has 16 heavy (non-hydrogen) atoms. The van der Waals surface area contributed by atoms with Crippen molar-refractivity contribution in [1.82, 2.24) is 0 Å². The summed E-state index contributed by atoms with van der Waals surface area (Å²) >= 11 is 1.09. The van der Waals surface area contributed by atoms with Crippen LogP contribution in [0.4, 0.5) is 4.39 Å².